The van der Waals surface area contributed by atoms with Crippen molar-refractivity contribution in [2.75, 3.05) is 44.6 Å². The number of hydrogen-bond acceptors (Lipinski definition) is 4. The third-order valence-electron chi connectivity index (χ3n) is 4.99. The number of aryl methyl sites for hydroxylation is 1. The quantitative estimate of drug-likeness (QED) is 0.754. The van der Waals surface area contributed by atoms with Gasteiger partial charge in [0.05, 0.1) is 0 Å². The molecule has 1 saturated heterocycles. The van der Waals surface area contributed by atoms with Gasteiger partial charge < -0.3 is 15.5 Å². The molecule has 2 aromatic carbocycles. The Morgan fingerprint density at radius 3 is 2.21 bits per heavy atom. The van der Waals surface area contributed by atoms with Gasteiger partial charge in [0, 0.05) is 50.5 Å². The lowest BCUT2D eigenvalue weighted by Crippen LogP contribution is -2.50. The molecule has 1 heterocycles. The highest BCUT2D eigenvalue weighted by Gasteiger charge is 2.23. The maximum atomic E-state index is 12.7. The molecule has 2 N–H and O–H groups in total. The molecule has 0 aromatic heterocycles. The second-order valence-electron chi connectivity index (χ2n) is 7.02. The summed E-state index contributed by atoms with van der Waals surface area (Å²) in [5.74, 6) is -1.26. The van der Waals surface area contributed by atoms with Gasteiger partial charge in [0.1, 0.15) is 0 Å². The normalized spacial score (nSPS) is 14.3. The van der Waals surface area contributed by atoms with Crippen LogP contribution in [-0.4, -0.2) is 66.8 Å². The summed E-state index contributed by atoms with van der Waals surface area (Å²) in [6.07, 6.45) is 0. The fraction of sp³-hybridized carbons (Fsp3) is 0.318. The highest BCUT2D eigenvalue weighted by atomic mass is 16.2. The first-order valence-electron chi connectivity index (χ1n) is 9.76. The van der Waals surface area contributed by atoms with Gasteiger partial charge in [-0.2, -0.15) is 0 Å². The molecule has 0 aliphatic carbocycles. The van der Waals surface area contributed by atoms with E-state index in [2.05, 4.69) is 15.5 Å². The van der Waals surface area contributed by atoms with E-state index in [0.717, 1.165) is 24.2 Å². The summed E-state index contributed by atoms with van der Waals surface area (Å²) in [6.45, 7) is 5.74. The number of para-hydroxylation sites is 1. The van der Waals surface area contributed by atoms with E-state index in [1.807, 2.05) is 42.2 Å². The molecule has 0 atom stereocenters. The van der Waals surface area contributed by atoms with Gasteiger partial charge in [-0.05, 0) is 30.7 Å². The zero-order valence-corrected chi connectivity index (χ0v) is 16.6. The van der Waals surface area contributed by atoms with E-state index >= 15 is 0 Å². The minimum Gasteiger partial charge on any atom is -0.347 e. The largest absolute Gasteiger partial charge is 0.347 e. The van der Waals surface area contributed by atoms with Crippen LogP contribution in [0, 0.1) is 6.92 Å². The van der Waals surface area contributed by atoms with Crippen molar-refractivity contribution in [3.63, 3.8) is 0 Å². The summed E-state index contributed by atoms with van der Waals surface area (Å²) < 4.78 is 0. The van der Waals surface area contributed by atoms with Gasteiger partial charge in [-0.3, -0.25) is 19.3 Å². The smallest absolute Gasteiger partial charge is 0.313 e. The molecule has 152 valence electrons. The number of rotatable bonds is 5. The average Bonchev–Trinajstić information content (AvgIpc) is 2.75. The molecule has 7 heteroatoms. The van der Waals surface area contributed by atoms with Crippen molar-refractivity contribution < 1.29 is 14.4 Å². The fourth-order valence-electron chi connectivity index (χ4n) is 3.27. The van der Waals surface area contributed by atoms with E-state index in [-0.39, 0.29) is 5.91 Å². The number of nitrogens with zero attached hydrogens (tertiary/aromatic N) is 2. The average molecular weight is 394 g/mol. The van der Waals surface area contributed by atoms with Crippen molar-refractivity contribution in [3.05, 3.63) is 65.7 Å². The van der Waals surface area contributed by atoms with E-state index in [0.29, 0.717) is 31.9 Å². The van der Waals surface area contributed by atoms with E-state index in [9.17, 15) is 14.4 Å². The first-order chi connectivity index (χ1) is 14.0. The lowest BCUT2D eigenvalue weighted by atomic mass is 10.1. The van der Waals surface area contributed by atoms with Crippen LogP contribution in [0.5, 0.6) is 0 Å². The molecule has 0 unspecified atom stereocenters. The predicted molar refractivity (Wildman–Crippen MR) is 112 cm³/mol. The van der Waals surface area contributed by atoms with E-state index in [4.69, 9.17) is 0 Å². The number of anilines is 1. The lowest BCUT2D eigenvalue weighted by molar-refractivity contribution is -0.136. The van der Waals surface area contributed by atoms with Gasteiger partial charge >= 0.3 is 11.8 Å². The fourth-order valence-corrected chi connectivity index (χ4v) is 3.27. The van der Waals surface area contributed by atoms with Crippen molar-refractivity contribution >= 4 is 23.4 Å². The Hall–Kier alpha value is -3.19. The van der Waals surface area contributed by atoms with Gasteiger partial charge in [0.15, 0.2) is 0 Å². The standard InChI is InChI=1S/C22H26N4O3/c1-17-7-5-6-10-19(17)22(29)26-15-13-25(14-16-26)12-11-23-20(27)21(28)24-18-8-3-2-4-9-18/h2-10H,11-16H2,1H3,(H,23,27)(H,24,28). The zero-order chi connectivity index (χ0) is 20.6. The molecule has 1 fully saturated rings. The summed E-state index contributed by atoms with van der Waals surface area (Å²) in [5.41, 5.74) is 2.32. The summed E-state index contributed by atoms with van der Waals surface area (Å²) in [7, 11) is 0. The number of amides is 3. The van der Waals surface area contributed by atoms with Crippen LogP contribution in [-0.2, 0) is 9.59 Å². The third-order valence-corrected chi connectivity index (χ3v) is 4.99. The predicted octanol–water partition coefficient (Wildman–Crippen LogP) is 1.51. The second kappa shape index (κ2) is 9.84. The van der Waals surface area contributed by atoms with Crippen molar-refractivity contribution in [2.45, 2.75) is 6.92 Å². The summed E-state index contributed by atoms with van der Waals surface area (Å²) in [5, 5.41) is 5.20. The molecule has 0 radical (unpaired) electrons. The molecule has 1 aliphatic heterocycles. The molecule has 0 saturated carbocycles. The lowest BCUT2D eigenvalue weighted by Gasteiger charge is -2.35. The molecule has 0 bridgehead atoms. The first kappa shape index (κ1) is 20.5. The SMILES string of the molecule is Cc1ccccc1C(=O)N1CCN(CCNC(=O)C(=O)Nc2ccccc2)CC1. The third kappa shape index (κ3) is 5.65. The van der Waals surface area contributed by atoms with Gasteiger partial charge in [-0.15, -0.1) is 0 Å². The van der Waals surface area contributed by atoms with Crippen molar-refractivity contribution in [1.82, 2.24) is 15.1 Å². The van der Waals surface area contributed by atoms with Gasteiger partial charge in [-0.1, -0.05) is 36.4 Å². The van der Waals surface area contributed by atoms with Crippen LogP contribution in [0.15, 0.2) is 54.6 Å². The Morgan fingerprint density at radius 1 is 0.862 bits per heavy atom. The Labute approximate surface area is 170 Å². The van der Waals surface area contributed by atoms with Gasteiger partial charge in [0.25, 0.3) is 5.91 Å². The molecule has 3 rings (SSSR count). The monoisotopic (exact) mass is 394 g/mol. The molecular formula is C22H26N4O3. The summed E-state index contributed by atoms with van der Waals surface area (Å²) in [4.78, 5) is 40.5. The topological polar surface area (TPSA) is 81.8 Å². The molecule has 0 spiro atoms. The molecular weight excluding hydrogens is 368 g/mol. The molecule has 2 aromatic rings. The molecule has 7 nitrogen and oxygen atoms in total. The number of nitrogens with one attached hydrogen (secondary N) is 2. The summed E-state index contributed by atoms with van der Waals surface area (Å²) in [6, 6.07) is 16.5. The van der Waals surface area contributed by atoms with Crippen molar-refractivity contribution in [3.8, 4) is 0 Å². The molecule has 1 aliphatic rings. The van der Waals surface area contributed by atoms with Crippen LogP contribution in [0.4, 0.5) is 5.69 Å². The van der Waals surface area contributed by atoms with Crippen molar-refractivity contribution in [1.29, 1.82) is 0 Å². The van der Waals surface area contributed by atoms with Gasteiger partial charge in [-0.25, -0.2) is 0 Å². The van der Waals surface area contributed by atoms with Crippen LogP contribution in [0.3, 0.4) is 0 Å². The minimum absolute atomic E-state index is 0.0636. The summed E-state index contributed by atoms with van der Waals surface area (Å²) >= 11 is 0. The maximum absolute atomic E-state index is 12.7. The second-order valence-corrected chi connectivity index (χ2v) is 7.02. The maximum Gasteiger partial charge on any atom is 0.313 e. The number of benzene rings is 2. The van der Waals surface area contributed by atoms with Crippen LogP contribution in [0.25, 0.3) is 0 Å². The number of carbonyl (C=O) groups is 3. The van der Waals surface area contributed by atoms with E-state index in [1.165, 1.54) is 0 Å². The Balaban J connectivity index is 1.38. The molecule has 3 amide bonds. The number of carbonyl (C=O) groups excluding carboxylic acids is 3. The Kier molecular flexibility index (Phi) is 6.97. The van der Waals surface area contributed by atoms with Crippen LogP contribution >= 0.6 is 0 Å². The Bertz CT molecular complexity index is 861. The van der Waals surface area contributed by atoms with Crippen LogP contribution in [0.2, 0.25) is 0 Å². The zero-order valence-electron chi connectivity index (χ0n) is 16.6. The van der Waals surface area contributed by atoms with E-state index in [1.54, 1.807) is 24.3 Å². The van der Waals surface area contributed by atoms with Gasteiger partial charge in [0.2, 0.25) is 0 Å². The highest BCUT2D eigenvalue weighted by Crippen LogP contribution is 2.12. The van der Waals surface area contributed by atoms with Crippen LogP contribution < -0.4 is 10.6 Å². The number of piperazine rings is 1. The highest BCUT2D eigenvalue weighted by molar-refractivity contribution is 6.39. The molecule has 29 heavy (non-hydrogen) atoms. The van der Waals surface area contributed by atoms with E-state index < -0.39 is 11.8 Å². The Morgan fingerprint density at radius 2 is 1.52 bits per heavy atom. The number of hydrogen-bond donors (Lipinski definition) is 2. The van der Waals surface area contributed by atoms with Crippen LogP contribution in [0.1, 0.15) is 15.9 Å². The first-order valence-corrected chi connectivity index (χ1v) is 9.76. The minimum atomic E-state index is -0.676. The van der Waals surface area contributed by atoms with Crippen molar-refractivity contribution in [2.24, 2.45) is 0 Å².